The minimum atomic E-state index is -0.616. The molecule has 0 aromatic heterocycles. The first-order valence-corrected chi connectivity index (χ1v) is 10.5. The van der Waals surface area contributed by atoms with E-state index >= 15 is 0 Å². The fraction of sp³-hybridized carbons (Fsp3) is 0.591. The van der Waals surface area contributed by atoms with Gasteiger partial charge in [-0.2, -0.15) is 5.26 Å². The summed E-state index contributed by atoms with van der Waals surface area (Å²) in [5.41, 5.74) is 0.504. The Hall–Kier alpha value is -2.59. The zero-order chi connectivity index (χ0) is 20.6. The number of hydrogen-bond donors (Lipinski definition) is 0. The third-order valence-electron chi connectivity index (χ3n) is 5.63. The van der Waals surface area contributed by atoms with Gasteiger partial charge in [0, 0.05) is 39.3 Å². The summed E-state index contributed by atoms with van der Waals surface area (Å²) in [7, 11) is 0. The number of benzene rings is 1. The summed E-state index contributed by atoms with van der Waals surface area (Å²) >= 11 is 0. The van der Waals surface area contributed by atoms with E-state index in [-0.39, 0.29) is 11.8 Å². The zero-order valence-electron chi connectivity index (χ0n) is 17.2. The quantitative estimate of drug-likeness (QED) is 0.757. The van der Waals surface area contributed by atoms with Crippen molar-refractivity contribution in [2.45, 2.75) is 38.7 Å². The van der Waals surface area contributed by atoms with Gasteiger partial charge in [-0.3, -0.25) is 14.5 Å². The van der Waals surface area contributed by atoms with Crippen molar-refractivity contribution in [3.63, 3.8) is 0 Å². The molecule has 2 saturated heterocycles. The van der Waals surface area contributed by atoms with Crippen molar-refractivity contribution >= 4 is 11.8 Å². The van der Waals surface area contributed by atoms with Crippen LogP contribution in [0, 0.1) is 11.3 Å². The molecule has 1 atom stereocenters. The van der Waals surface area contributed by atoms with Gasteiger partial charge in [0.25, 0.3) is 5.91 Å². The van der Waals surface area contributed by atoms with Gasteiger partial charge < -0.3 is 14.5 Å². The Bertz CT molecular complexity index is 745. The van der Waals surface area contributed by atoms with E-state index in [1.165, 1.54) is 12.8 Å². The molecule has 0 saturated carbocycles. The largest absolute Gasteiger partial charge is 0.481 e. The highest BCUT2D eigenvalue weighted by Gasteiger charge is 2.27. The van der Waals surface area contributed by atoms with Gasteiger partial charge in [-0.15, -0.1) is 0 Å². The highest BCUT2D eigenvalue weighted by molar-refractivity contribution is 5.81. The van der Waals surface area contributed by atoms with Gasteiger partial charge in [0.1, 0.15) is 5.75 Å². The van der Waals surface area contributed by atoms with Crippen molar-refractivity contribution in [1.29, 1.82) is 5.26 Å². The first kappa shape index (κ1) is 21.1. The van der Waals surface area contributed by atoms with E-state index in [2.05, 4.69) is 11.0 Å². The molecule has 29 heavy (non-hydrogen) atoms. The Morgan fingerprint density at radius 3 is 2.38 bits per heavy atom. The molecule has 3 rings (SSSR count). The molecule has 0 radical (unpaired) electrons. The highest BCUT2D eigenvalue weighted by atomic mass is 16.5. The number of rotatable bonds is 5. The maximum absolute atomic E-state index is 12.7. The lowest BCUT2D eigenvalue weighted by Crippen LogP contribution is -2.53. The summed E-state index contributed by atoms with van der Waals surface area (Å²) in [6.45, 7) is 6.50. The van der Waals surface area contributed by atoms with Crippen molar-refractivity contribution in [1.82, 2.24) is 14.7 Å². The van der Waals surface area contributed by atoms with Gasteiger partial charge in [0.05, 0.1) is 18.2 Å². The highest BCUT2D eigenvalue weighted by Crippen LogP contribution is 2.16. The monoisotopic (exact) mass is 398 g/mol. The number of nitrogens with zero attached hydrogens (tertiary/aromatic N) is 4. The molecule has 2 amide bonds. The maximum Gasteiger partial charge on any atom is 0.263 e. The number of piperazine rings is 1. The van der Waals surface area contributed by atoms with E-state index in [0.29, 0.717) is 44.0 Å². The van der Waals surface area contributed by atoms with E-state index in [9.17, 15) is 9.59 Å². The average molecular weight is 399 g/mol. The van der Waals surface area contributed by atoms with E-state index in [1.54, 1.807) is 36.1 Å². The molecule has 0 aliphatic carbocycles. The first-order chi connectivity index (χ1) is 14.1. The Morgan fingerprint density at radius 2 is 1.72 bits per heavy atom. The molecule has 7 nitrogen and oxygen atoms in total. The van der Waals surface area contributed by atoms with E-state index in [0.717, 1.165) is 25.9 Å². The van der Waals surface area contributed by atoms with Crippen LogP contribution in [0.3, 0.4) is 0 Å². The second kappa shape index (κ2) is 10.3. The van der Waals surface area contributed by atoms with Crippen LogP contribution < -0.4 is 4.74 Å². The molecular formula is C22H30N4O3. The van der Waals surface area contributed by atoms with Crippen LogP contribution in [0.15, 0.2) is 24.3 Å². The average Bonchev–Trinajstić information content (AvgIpc) is 3.03. The minimum Gasteiger partial charge on any atom is -0.481 e. The lowest BCUT2D eigenvalue weighted by atomic mass is 10.2. The third-order valence-corrected chi connectivity index (χ3v) is 5.63. The van der Waals surface area contributed by atoms with E-state index in [1.807, 2.05) is 4.90 Å². The van der Waals surface area contributed by atoms with Gasteiger partial charge in [-0.1, -0.05) is 18.9 Å². The lowest BCUT2D eigenvalue weighted by molar-refractivity contribution is -0.140. The van der Waals surface area contributed by atoms with Crippen molar-refractivity contribution < 1.29 is 14.3 Å². The van der Waals surface area contributed by atoms with Gasteiger partial charge in [-0.25, -0.2) is 0 Å². The van der Waals surface area contributed by atoms with Crippen LogP contribution in [0.1, 0.15) is 38.2 Å². The van der Waals surface area contributed by atoms with Gasteiger partial charge in [0.2, 0.25) is 5.91 Å². The minimum absolute atomic E-state index is 0.0640. The lowest BCUT2D eigenvalue weighted by Gasteiger charge is -2.36. The van der Waals surface area contributed by atoms with Gasteiger partial charge in [-0.05, 0) is 38.0 Å². The molecule has 156 valence electrons. The van der Waals surface area contributed by atoms with Crippen molar-refractivity contribution in [2.24, 2.45) is 0 Å². The van der Waals surface area contributed by atoms with Crippen LogP contribution in [0.2, 0.25) is 0 Å². The molecule has 2 heterocycles. The van der Waals surface area contributed by atoms with Crippen LogP contribution in [0.4, 0.5) is 0 Å². The van der Waals surface area contributed by atoms with E-state index in [4.69, 9.17) is 10.00 Å². The van der Waals surface area contributed by atoms with Crippen molar-refractivity contribution in [3.05, 3.63) is 29.8 Å². The molecule has 1 aromatic rings. The molecule has 1 unspecified atom stereocenters. The van der Waals surface area contributed by atoms with Crippen molar-refractivity contribution in [2.75, 3.05) is 45.8 Å². The summed E-state index contributed by atoms with van der Waals surface area (Å²) in [5.74, 6) is 0.665. The summed E-state index contributed by atoms with van der Waals surface area (Å²) in [6, 6.07) is 8.89. The summed E-state index contributed by atoms with van der Waals surface area (Å²) in [5, 5.41) is 8.98. The number of hydrogen-bond acceptors (Lipinski definition) is 5. The second-order valence-corrected chi connectivity index (χ2v) is 7.80. The number of ether oxygens (including phenoxy) is 1. The number of amides is 2. The number of nitriles is 1. The van der Waals surface area contributed by atoms with Gasteiger partial charge >= 0.3 is 0 Å². The molecule has 2 aliphatic rings. The zero-order valence-corrected chi connectivity index (χ0v) is 17.2. The summed E-state index contributed by atoms with van der Waals surface area (Å²) < 4.78 is 5.74. The number of carbonyl (C=O) groups is 2. The molecule has 2 fully saturated rings. The molecular weight excluding hydrogens is 368 g/mol. The molecule has 0 bridgehead atoms. The first-order valence-electron chi connectivity index (χ1n) is 10.5. The number of likely N-dealkylation sites (tertiary alicyclic amines) is 1. The van der Waals surface area contributed by atoms with Crippen LogP contribution in [-0.4, -0.2) is 78.4 Å². The molecule has 7 heteroatoms. The fourth-order valence-electron chi connectivity index (χ4n) is 3.89. The van der Waals surface area contributed by atoms with Crippen LogP contribution in [0.25, 0.3) is 0 Å². The Labute approximate surface area is 172 Å². The predicted octanol–water partition coefficient (Wildman–Crippen LogP) is 1.87. The molecule has 0 N–H and O–H groups in total. The SMILES string of the molecule is CC(Oc1cccc(C#N)c1)C(=O)N1CCN(CC(=O)N2CCCCCC2)CC1. The fourth-order valence-corrected chi connectivity index (χ4v) is 3.89. The smallest absolute Gasteiger partial charge is 0.263 e. The molecule has 0 spiro atoms. The van der Waals surface area contributed by atoms with Crippen LogP contribution in [-0.2, 0) is 9.59 Å². The number of carbonyl (C=O) groups excluding carboxylic acids is 2. The van der Waals surface area contributed by atoms with Crippen LogP contribution in [0.5, 0.6) is 5.75 Å². The Morgan fingerprint density at radius 1 is 1.03 bits per heavy atom. The molecule has 2 aliphatic heterocycles. The van der Waals surface area contributed by atoms with Gasteiger partial charge in [0.15, 0.2) is 6.10 Å². The normalized spacial score (nSPS) is 19.2. The second-order valence-electron chi connectivity index (χ2n) is 7.80. The van der Waals surface area contributed by atoms with Crippen LogP contribution >= 0.6 is 0 Å². The predicted molar refractivity (Wildman–Crippen MR) is 109 cm³/mol. The Kier molecular flexibility index (Phi) is 7.48. The van der Waals surface area contributed by atoms with Crippen molar-refractivity contribution in [3.8, 4) is 11.8 Å². The topological polar surface area (TPSA) is 76.9 Å². The third kappa shape index (κ3) is 5.94. The standard InChI is InChI=1S/C22H30N4O3/c1-18(29-20-8-6-7-19(15-20)16-23)22(28)26-13-11-24(12-14-26)17-21(27)25-9-4-2-3-5-10-25/h6-8,15,18H,2-5,9-14,17H2,1H3. The summed E-state index contributed by atoms with van der Waals surface area (Å²) in [4.78, 5) is 31.2. The molecule has 1 aromatic carbocycles. The Balaban J connectivity index is 1.45. The maximum atomic E-state index is 12.7. The van der Waals surface area contributed by atoms with E-state index < -0.39 is 6.10 Å². The summed E-state index contributed by atoms with van der Waals surface area (Å²) in [6.07, 6.45) is 4.01.